The van der Waals surface area contributed by atoms with Crippen molar-refractivity contribution >= 4 is 11.9 Å². The van der Waals surface area contributed by atoms with Gasteiger partial charge in [-0.1, -0.05) is 0 Å². The Morgan fingerprint density at radius 3 is 2.76 bits per heavy atom. The van der Waals surface area contributed by atoms with E-state index >= 15 is 0 Å². The molecule has 8 heteroatoms. The molecule has 3 aliphatic heterocycles. The molecule has 152 valence electrons. The number of carbonyl (C=O) groups is 1. The lowest BCUT2D eigenvalue weighted by Crippen LogP contribution is -2.49. The van der Waals surface area contributed by atoms with Crippen molar-refractivity contribution in [2.24, 2.45) is 0 Å². The molecule has 0 aliphatic carbocycles. The fourth-order valence-electron chi connectivity index (χ4n) is 4.28. The van der Waals surface area contributed by atoms with Crippen LogP contribution in [-0.4, -0.2) is 61.4 Å². The number of likely N-dealkylation sites (tertiary alicyclic amines) is 1. The zero-order chi connectivity index (χ0) is 20.0. The lowest BCUT2D eigenvalue weighted by Gasteiger charge is -2.44. The number of hydrogen-bond donors (Lipinski definition) is 0. The summed E-state index contributed by atoms with van der Waals surface area (Å²) in [7, 11) is 3.87. The molecule has 1 spiro atoms. The third-order valence-corrected chi connectivity index (χ3v) is 5.91. The Morgan fingerprint density at radius 1 is 1.17 bits per heavy atom. The number of hydrogen-bond acceptors (Lipinski definition) is 7. The Balaban J connectivity index is 1.35. The number of amides is 1. The van der Waals surface area contributed by atoms with Gasteiger partial charge >= 0.3 is 0 Å². The second kappa shape index (κ2) is 6.88. The lowest BCUT2D eigenvalue weighted by atomic mass is 9.83. The maximum Gasteiger partial charge on any atom is 0.253 e. The van der Waals surface area contributed by atoms with Gasteiger partial charge in [-0.2, -0.15) is 0 Å². The summed E-state index contributed by atoms with van der Waals surface area (Å²) in [5.74, 6) is 2.00. The topological polar surface area (TPSA) is 77.0 Å². The molecule has 2 aromatic rings. The number of nitrogens with zero attached hydrogens (tertiary/aromatic N) is 4. The SMILES string of the molecule is CN(C)c1ncc2c(n1)C1(CCN(C(=O)c3ccc4c(c3)OCO4)CC1)OCC2. The van der Waals surface area contributed by atoms with Gasteiger partial charge in [0.2, 0.25) is 12.7 Å². The van der Waals surface area contributed by atoms with E-state index in [1.165, 1.54) is 0 Å². The first-order valence-electron chi connectivity index (χ1n) is 9.92. The monoisotopic (exact) mass is 396 g/mol. The highest BCUT2D eigenvalue weighted by atomic mass is 16.7. The summed E-state index contributed by atoms with van der Waals surface area (Å²) in [6, 6.07) is 5.35. The molecule has 1 aromatic carbocycles. The van der Waals surface area contributed by atoms with Crippen molar-refractivity contribution in [1.29, 1.82) is 0 Å². The van der Waals surface area contributed by atoms with Crippen LogP contribution in [-0.2, 0) is 16.8 Å². The number of aromatic nitrogens is 2. The van der Waals surface area contributed by atoms with Gasteiger partial charge in [-0.25, -0.2) is 9.97 Å². The van der Waals surface area contributed by atoms with Gasteiger partial charge in [0.25, 0.3) is 5.91 Å². The number of ether oxygens (including phenoxy) is 3. The van der Waals surface area contributed by atoms with Crippen LogP contribution in [0.5, 0.6) is 11.5 Å². The Morgan fingerprint density at radius 2 is 1.97 bits per heavy atom. The van der Waals surface area contributed by atoms with E-state index in [1.807, 2.05) is 30.1 Å². The molecule has 3 aliphatic rings. The molecule has 0 radical (unpaired) electrons. The minimum atomic E-state index is -0.438. The van der Waals surface area contributed by atoms with Crippen LogP contribution in [0.3, 0.4) is 0 Å². The van der Waals surface area contributed by atoms with E-state index < -0.39 is 5.60 Å². The molecule has 1 aromatic heterocycles. The van der Waals surface area contributed by atoms with Crippen molar-refractivity contribution in [3.63, 3.8) is 0 Å². The summed E-state index contributed by atoms with van der Waals surface area (Å²) in [5.41, 5.74) is 2.31. The summed E-state index contributed by atoms with van der Waals surface area (Å²) >= 11 is 0. The van der Waals surface area contributed by atoms with Gasteiger partial charge in [-0.3, -0.25) is 4.79 Å². The minimum Gasteiger partial charge on any atom is -0.454 e. The van der Waals surface area contributed by atoms with Gasteiger partial charge in [0.1, 0.15) is 5.60 Å². The van der Waals surface area contributed by atoms with Crippen LogP contribution in [0.2, 0.25) is 0 Å². The van der Waals surface area contributed by atoms with E-state index in [9.17, 15) is 4.79 Å². The van der Waals surface area contributed by atoms with E-state index in [4.69, 9.17) is 19.2 Å². The molecule has 1 fully saturated rings. The number of carbonyl (C=O) groups excluding carboxylic acids is 1. The average molecular weight is 396 g/mol. The predicted molar refractivity (Wildman–Crippen MR) is 105 cm³/mol. The second-order valence-electron chi connectivity index (χ2n) is 7.89. The zero-order valence-corrected chi connectivity index (χ0v) is 16.7. The highest BCUT2D eigenvalue weighted by Crippen LogP contribution is 2.41. The molecular weight excluding hydrogens is 372 g/mol. The quantitative estimate of drug-likeness (QED) is 0.768. The number of fused-ring (bicyclic) bond motifs is 3. The molecule has 8 nitrogen and oxygen atoms in total. The average Bonchev–Trinajstić information content (AvgIpc) is 3.22. The van der Waals surface area contributed by atoms with Crippen molar-refractivity contribution in [3.05, 3.63) is 41.2 Å². The molecule has 0 unspecified atom stereocenters. The smallest absolute Gasteiger partial charge is 0.253 e. The third-order valence-electron chi connectivity index (χ3n) is 5.91. The number of anilines is 1. The van der Waals surface area contributed by atoms with Crippen LogP contribution >= 0.6 is 0 Å². The van der Waals surface area contributed by atoms with Crippen LogP contribution in [0.4, 0.5) is 5.95 Å². The Kier molecular flexibility index (Phi) is 4.31. The van der Waals surface area contributed by atoms with Crippen molar-refractivity contribution in [2.75, 3.05) is 45.5 Å². The normalized spacial score (nSPS) is 19.2. The van der Waals surface area contributed by atoms with Gasteiger partial charge < -0.3 is 24.0 Å². The van der Waals surface area contributed by atoms with E-state index in [0.717, 1.165) is 30.5 Å². The van der Waals surface area contributed by atoms with Crippen LogP contribution in [0.25, 0.3) is 0 Å². The molecule has 0 bridgehead atoms. The van der Waals surface area contributed by atoms with Gasteiger partial charge in [0.15, 0.2) is 11.5 Å². The molecule has 29 heavy (non-hydrogen) atoms. The fraction of sp³-hybridized carbons (Fsp3) is 0.476. The Hall–Kier alpha value is -2.87. The molecule has 0 saturated carbocycles. The molecular formula is C21H24N4O4. The van der Waals surface area contributed by atoms with Crippen molar-refractivity contribution < 1.29 is 19.0 Å². The summed E-state index contributed by atoms with van der Waals surface area (Å²) in [6.07, 6.45) is 4.19. The van der Waals surface area contributed by atoms with Crippen LogP contribution < -0.4 is 14.4 Å². The Bertz CT molecular complexity index is 954. The highest BCUT2D eigenvalue weighted by molar-refractivity contribution is 5.95. The first kappa shape index (κ1) is 18.2. The summed E-state index contributed by atoms with van der Waals surface area (Å²) in [4.78, 5) is 26.1. The third kappa shape index (κ3) is 3.07. The first-order chi connectivity index (χ1) is 14.1. The number of piperidine rings is 1. The van der Waals surface area contributed by atoms with Gasteiger partial charge in [0, 0.05) is 38.9 Å². The minimum absolute atomic E-state index is 0.00542. The predicted octanol–water partition coefficient (Wildman–Crippen LogP) is 1.98. The molecule has 5 rings (SSSR count). The summed E-state index contributed by atoms with van der Waals surface area (Å²) in [6.45, 7) is 2.10. The zero-order valence-electron chi connectivity index (χ0n) is 16.7. The summed E-state index contributed by atoms with van der Waals surface area (Å²) in [5, 5.41) is 0. The number of benzene rings is 1. The first-order valence-corrected chi connectivity index (χ1v) is 9.92. The van der Waals surface area contributed by atoms with Gasteiger partial charge in [0.05, 0.1) is 12.3 Å². The van der Waals surface area contributed by atoms with E-state index in [1.54, 1.807) is 18.2 Å². The second-order valence-corrected chi connectivity index (χ2v) is 7.89. The van der Waals surface area contributed by atoms with Crippen LogP contribution in [0.1, 0.15) is 34.5 Å². The highest BCUT2D eigenvalue weighted by Gasteiger charge is 2.43. The van der Waals surface area contributed by atoms with Crippen molar-refractivity contribution in [2.45, 2.75) is 24.9 Å². The number of rotatable bonds is 2. The van der Waals surface area contributed by atoms with E-state index in [2.05, 4.69) is 4.98 Å². The maximum atomic E-state index is 13.0. The largest absolute Gasteiger partial charge is 0.454 e. The standard InChI is InChI=1S/C21H24N4O4/c1-24(2)20-22-12-15-5-10-29-21(18(15)23-20)6-8-25(9-7-21)19(26)14-3-4-16-17(11-14)28-13-27-16/h3-4,11-12H,5-10,13H2,1-2H3. The van der Waals surface area contributed by atoms with Crippen molar-refractivity contribution in [1.82, 2.24) is 14.9 Å². The Labute approximate surface area is 169 Å². The summed E-state index contributed by atoms with van der Waals surface area (Å²) < 4.78 is 17.0. The molecule has 4 heterocycles. The molecule has 0 N–H and O–H groups in total. The van der Waals surface area contributed by atoms with Crippen molar-refractivity contribution in [3.8, 4) is 11.5 Å². The van der Waals surface area contributed by atoms with E-state index in [0.29, 0.717) is 42.7 Å². The molecule has 0 atom stereocenters. The van der Waals surface area contributed by atoms with Gasteiger partial charge in [-0.15, -0.1) is 0 Å². The van der Waals surface area contributed by atoms with Crippen LogP contribution in [0, 0.1) is 0 Å². The van der Waals surface area contributed by atoms with Crippen LogP contribution in [0.15, 0.2) is 24.4 Å². The van der Waals surface area contributed by atoms with Gasteiger partial charge in [-0.05, 0) is 43.0 Å². The fourth-order valence-corrected chi connectivity index (χ4v) is 4.28. The molecule has 1 amide bonds. The van der Waals surface area contributed by atoms with E-state index in [-0.39, 0.29) is 12.7 Å². The molecule has 1 saturated heterocycles. The maximum absolute atomic E-state index is 13.0. The lowest BCUT2D eigenvalue weighted by molar-refractivity contribution is -0.0967.